The average Bonchev–Trinajstić information content (AvgIpc) is 2.35. The maximum atomic E-state index is 11.5. The van der Waals surface area contributed by atoms with Crippen molar-refractivity contribution in [2.45, 2.75) is 39.2 Å². The van der Waals surface area contributed by atoms with Crippen LogP contribution in [0, 0.1) is 0 Å². The lowest BCUT2D eigenvalue weighted by atomic mass is 9.89. The quantitative estimate of drug-likeness (QED) is 0.814. The highest BCUT2D eigenvalue weighted by molar-refractivity contribution is 5.77. The van der Waals surface area contributed by atoms with E-state index >= 15 is 0 Å². The summed E-state index contributed by atoms with van der Waals surface area (Å²) in [4.78, 5) is 17.6. The highest BCUT2D eigenvalue weighted by atomic mass is 16.3. The van der Waals surface area contributed by atoms with E-state index < -0.39 is 6.61 Å². The molecule has 98 valence electrons. The van der Waals surface area contributed by atoms with Gasteiger partial charge in [0.1, 0.15) is 6.61 Å². The van der Waals surface area contributed by atoms with Gasteiger partial charge in [-0.2, -0.15) is 0 Å². The normalized spacial score (nSPS) is 15.4. The summed E-state index contributed by atoms with van der Waals surface area (Å²) in [6.07, 6.45) is 2.71. The first kappa shape index (κ1) is 13.0. The minimum Gasteiger partial charge on any atom is -0.387 e. The zero-order valence-electron chi connectivity index (χ0n) is 11.2. The maximum Gasteiger partial charge on any atom is 0.248 e. The van der Waals surface area contributed by atoms with Crippen molar-refractivity contribution >= 4 is 5.91 Å². The first-order valence-electron chi connectivity index (χ1n) is 6.28. The highest BCUT2D eigenvalue weighted by Gasteiger charge is 2.23. The zero-order valence-corrected chi connectivity index (χ0v) is 11.2. The summed E-state index contributed by atoms with van der Waals surface area (Å²) >= 11 is 0. The molecular weight excluding hydrogens is 228 g/mol. The van der Waals surface area contributed by atoms with E-state index in [9.17, 15) is 4.79 Å². The van der Waals surface area contributed by atoms with E-state index in [0.29, 0.717) is 13.1 Å². The molecule has 1 aromatic rings. The number of pyridine rings is 1. The smallest absolute Gasteiger partial charge is 0.248 e. The van der Waals surface area contributed by atoms with Gasteiger partial charge >= 0.3 is 0 Å². The van der Waals surface area contributed by atoms with Crippen molar-refractivity contribution in [2.75, 3.05) is 13.2 Å². The van der Waals surface area contributed by atoms with Crippen LogP contribution in [-0.4, -0.2) is 34.0 Å². The first-order chi connectivity index (χ1) is 8.41. The molecule has 0 fully saturated rings. The minimum atomic E-state index is -0.414. The first-order valence-corrected chi connectivity index (χ1v) is 6.28. The van der Waals surface area contributed by atoms with Crippen LogP contribution in [-0.2, 0) is 23.2 Å². The molecule has 1 aliphatic heterocycles. The molecule has 1 aromatic heterocycles. The number of nitrogens with zero attached hydrogens (tertiary/aromatic N) is 2. The van der Waals surface area contributed by atoms with Crippen LogP contribution in [0.5, 0.6) is 0 Å². The molecule has 1 amide bonds. The van der Waals surface area contributed by atoms with Crippen molar-refractivity contribution in [2.24, 2.45) is 0 Å². The molecule has 0 aromatic carbocycles. The van der Waals surface area contributed by atoms with Crippen LogP contribution in [0.4, 0.5) is 0 Å². The topological polar surface area (TPSA) is 53.4 Å². The fourth-order valence-electron chi connectivity index (χ4n) is 2.16. The number of aromatic nitrogens is 1. The molecule has 0 unspecified atom stereocenters. The maximum absolute atomic E-state index is 11.5. The summed E-state index contributed by atoms with van der Waals surface area (Å²) < 4.78 is 0. The fraction of sp³-hybridized carbons (Fsp3) is 0.571. The number of carbonyl (C=O) groups excluding carboxylic acids is 1. The van der Waals surface area contributed by atoms with Crippen LogP contribution in [0.2, 0.25) is 0 Å². The Morgan fingerprint density at radius 1 is 1.44 bits per heavy atom. The summed E-state index contributed by atoms with van der Waals surface area (Å²) in [6.45, 7) is 7.26. The van der Waals surface area contributed by atoms with Gasteiger partial charge in [0.15, 0.2) is 0 Å². The Bertz CT molecular complexity index is 463. The molecule has 1 N–H and O–H groups in total. The van der Waals surface area contributed by atoms with Crippen LogP contribution >= 0.6 is 0 Å². The predicted octanol–water partition coefficient (Wildman–Crippen LogP) is 1.26. The molecule has 0 bridgehead atoms. The standard InChI is InChI=1S/C14H20N2O2/c1-14(2,3)12-6-10-4-5-16(13(18)9-17)8-11(10)7-15-12/h6-7,17H,4-5,8-9H2,1-3H3. The van der Waals surface area contributed by atoms with E-state index in [2.05, 4.69) is 31.8 Å². The Labute approximate surface area is 108 Å². The molecular formula is C14H20N2O2. The van der Waals surface area contributed by atoms with E-state index in [-0.39, 0.29) is 11.3 Å². The zero-order chi connectivity index (χ0) is 13.3. The van der Waals surface area contributed by atoms with Crippen molar-refractivity contribution in [3.63, 3.8) is 0 Å². The van der Waals surface area contributed by atoms with Crippen LogP contribution < -0.4 is 0 Å². The van der Waals surface area contributed by atoms with Crippen molar-refractivity contribution in [1.29, 1.82) is 0 Å². The summed E-state index contributed by atoms with van der Waals surface area (Å²) in [5.41, 5.74) is 3.50. The summed E-state index contributed by atoms with van der Waals surface area (Å²) in [7, 11) is 0. The number of hydrogen-bond acceptors (Lipinski definition) is 3. The van der Waals surface area contributed by atoms with Crippen molar-refractivity contribution in [3.8, 4) is 0 Å². The average molecular weight is 248 g/mol. The third kappa shape index (κ3) is 2.53. The summed E-state index contributed by atoms with van der Waals surface area (Å²) in [5, 5.41) is 8.88. The molecule has 4 heteroatoms. The lowest BCUT2D eigenvalue weighted by Gasteiger charge is -2.29. The SMILES string of the molecule is CC(C)(C)c1cc2c(cn1)CN(C(=O)CO)CC2. The number of aliphatic hydroxyl groups excluding tert-OH is 1. The van der Waals surface area contributed by atoms with E-state index in [1.165, 1.54) is 5.56 Å². The lowest BCUT2D eigenvalue weighted by Crippen LogP contribution is -2.37. The summed E-state index contributed by atoms with van der Waals surface area (Å²) in [6, 6.07) is 2.15. The third-order valence-corrected chi connectivity index (χ3v) is 3.35. The van der Waals surface area contributed by atoms with Gasteiger partial charge in [-0.05, 0) is 23.6 Å². The third-order valence-electron chi connectivity index (χ3n) is 3.35. The Kier molecular flexibility index (Phi) is 3.39. The largest absolute Gasteiger partial charge is 0.387 e. The van der Waals surface area contributed by atoms with Gasteiger partial charge in [0.25, 0.3) is 0 Å². The number of amides is 1. The van der Waals surface area contributed by atoms with E-state index in [1.54, 1.807) is 4.90 Å². The van der Waals surface area contributed by atoms with Gasteiger partial charge in [-0.25, -0.2) is 0 Å². The molecule has 0 radical (unpaired) electrons. The Balaban J connectivity index is 2.24. The summed E-state index contributed by atoms with van der Waals surface area (Å²) in [5.74, 6) is -0.208. The predicted molar refractivity (Wildman–Crippen MR) is 69.1 cm³/mol. The number of carbonyl (C=O) groups is 1. The van der Waals surface area contributed by atoms with Crippen LogP contribution in [0.3, 0.4) is 0 Å². The second kappa shape index (κ2) is 4.69. The van der Waals surface area contributed by atoms with Crippen LogP contribution in [0.15, 0.2) is 12.3 Å². The van der Waals surface area contributed by atoms with Gasteiger partial charge in [0.2, 0.25) is 5.91 Å². The molecule has 0 spiro atoms. The molecule has 0 saturated carbocycles. The monoisotopic (exact) mass is 248 g/mol. The van der Waals surface area contributed by atoms with E-state index in [0.717, 1.165) is 17.7 Å². The molecule has 2 rings (SSSR count). The van der Waals surface area contributed by atoms with Gasteiger partial charge in [-0.3, -0.25) is 9.78 Å². The van der Waals surface area contributed by atoms with Crippen molar-refractivity contribution in [1.82, 2.24) is 9.88 Å². The van der Waals surface area contributed by atoms with E-state index in [1.807, 2.05) is 6.20 Å². The second-order valence-electron chi connectivity index (χ2n) is 5.81. The minimum absolute atomic E-state index is 0.0487. The number of rotatable bonds is 1. The van der Waals surface area contributed by atoms with Crippen LogP contribution in [0.1, 0.15) is 37.6 Å². The molecule has 0 saturated heterocycles. The van der Waals surface area contributed by atoms with Gasteiger partial charge in [-0.15, -0.1) is 0 Å². The highest BCUT2D eigenvalue weighted by Crippen LogP contribution is 2.25. The lowest BCUT2D eigenvalue weighted by molar-refractivity contribution is -0.135. The molecule has 0 aliphatic carbocycles. The van der Waals surface area contributed by atoms with Gasteiger partial charge in [0.05, 0.1) is 0 Å². The molecule has 0 atom stereocenters. The number of aliphatic hydroxyl groups is 1. The van der Waals surface area contributed by atoms with Gasteiger partial charge < -0.3 is 10.0 Å². The molecule has 4 nitrogen and oxygen atoms in total. The van der Waals surface area contributed by atoms with Gasteiger partial charge in [-0.1, -0.05) is 20.8 Å². The van der Waals surface area contributed by atoms with Gasteiger partial charge in [0, 0.05) is 30.4 Å². The van der Waals surface area contributed by atoms with Crippen molar-refractivity contribution in [3.05, 3.63) is 29.1 Å². The van der Waals surface area contributed by atoms with Crippen LogP contribution in [0.25, 0.3) is 0 Å². The fourth-order valence-corrected chi connectivity index (χ4v) is 2.16. The Morgan fingerprint density at radius 3 is 2.78 bits per heavy atom. The Hall–Kier alpha value is -1.42. The van der Waals surface area contributed by atoms with E-state index in [4.69, 9.17) is 5.11 Å². The second-order valence-corrected chi connectivity index (χ2v) is 5.81. The number of fused-ring (bicyclic) bond motifs is 1. The van der Waals surface area contributed by atoms with Crippen molar-refractivity contribution < 1.29 is 9.90 Å². The number of hydrogen-bond donors (Lipinski definition) is 1. The molecule has 1 aliphatic rings. The molecule has 18 heavy (non-hydrogen) atoms. The Morgan fingerprint density at radius 2 is 2.17 bits per heavy atom. The molecule has 2 heterocycles.